The number of urea groups is 1. The molecule has 5 rings (SSSR count). The molecule has 0 bridgehead atoms. The Labute approximate surface area is 191 Å². The summed E-state index contributed by atoms with van der Waals surface area (Å²) in [6.45, 7) is 2.27. The number of nitrogens with zero attached hydrogens (tertiary/aromatic N) is 4. The van der Waals surface area contributed by atoms with Crippen LogP contribution in [-0.2, 0) is 17.9 Å². The number of hydrogen-bond donors (Lipinski definition) is 0. The van der Waals surface area contributed by atoms with Crippen LogP contribution in [0.3, 0.4) is 0 Å². The van der Waals surface area contributed by atoms with Crippen molar-refractivity contribution in [2.24, 2.45) is 0 Å². The largest absolute Gasteiger partial charge is 0.334 e. The number of carbonyl (C=O) groups excluding carboxylic acids is 2. The summed E-state index contributed by atoms with van der Waals surface area (Å²) < 4.78 is 5.38. The predicted molar refractivity (Wildman–Crippen MR) is 122 cm³/mol. The predicted octanol–water partition coefficient (Wildman–Crippen LogP) is 4.75. The fourth-order valence-electron chi connectivity index (χ4n) is 3.96. The fourth-order valence-corrected chi connectivity index (χ4v) is 3.96. The van der Waals surface area contributed by atoms with E-state index in [4.69, 9.17) is 4.52 Å². The molecule has 0 radical (unpaired) electrons. The average Bonchev–Trinajstić information content (AvgIpc) is 3.40. The van der Waals surface area contributed by atoms with Gasteiger partial charge in [0.25, 0.3) is 11.8 Å². The Hall–Kier alpha value is -4.26. The first-order valence-corrected chi connectivity index (χ1v) is 10.7. The molecule has 0 spiro atoms. The Morgan fingerprint density at radius 2 is 1.52 bits per heavy atom. The number of imide groups is 1. The van der Waals surface area contributed by atoms with Gasteiger partial charge < -0.3 is 9.42 Å². The molecule has 2 heterocycles. The van der Waals surface area contributed by atoms with E-state index in [1.165, 1.54) is 4.90 Å². The van der Waals surface area contributed by atoms with Gasteiger partial charge in [-0.25, -0.2) is 4.79 Å². The third kappa shape index (κ3) is 4.13. The summed E-state index contributed by atoms with van der Waals surface area (Å²) in [4.78, 5) is 34.0. The summed E-state index contributed by atoms with van der Waals surface area (Å²) in [5, 5.41) is 4.00. The third-order valence-electron chi connectivity index (χ3n) is 5.67. The first-order valence-electron chi connectivity index (χ1n) is 10.7. The maximum absolute atomic E-state index is 13.4. The highest BCUT2D eigenvalue weighted by atomic mass is 16.5. The molecule has 3 aromatic carbocycles. The van der Waals surface area contributed by atoms with Crippen molar-refractivity contribution in [1.82, 2.24) is 19.9 Å². The van der Waals surface area contributed by atoms with Gasteiger partial charge in [0.2, 0.25) is 0 Å². The van der Waals surface area contributed by atoms with E-state index in [-0.39, 0.29) is 24.3 Å². The molecule has 0 aliphatic carbocycles. The van der Waals surface area contributed by atoms with Crippen molar-refractivity contribution in [2.75, 3.05) is 0 Å². The number of benzene rings is 3. The first-order chi connectivity index (χ1) is 16.1. The number of carbonyl (C=O) groups is 2. The number of rotatable bonds is 6. The van der Waals surface area contributed by atoms with E-state index >= 15 is 0 Å². The van der Waals surface area contributed by atoms with Gasteiger partial charge in [0.15, 0.2) is 5.82 Å². The summed E-state index contributed by atoms with van der Waals surface area (Å²) in [6.07, 6.45) is 0. The van der Waals surface area contributed by atoms with Crippen molar-refractivity contribution in [3.63, 3.8) is 0 Å². The van der Waals surface area contributed by atoms with Gasteiger partial charge in [0.05, 0.1) is 6.54 Å². The molecule has 1 saturated heterocycles. The Balaban J connectivity index is 1.42. The molecule has 1 aliphatic rings. The molecule has 1 fully saturated rings. The Kier molecular flexibility index (Phi) is 5.44. The monoisotopic (exact) mass is 438 g/mol. The van der Waals surface area contributed by atoms with Gasteiger partial charge in [-0.05, 0) is 30.2 Å². The zero-order chi connectivity index (χ0) is 22.8. The van der Waals surface area contributed by atoms with Gasteiger partial charge in [0.1, 0.15) is 6.04 Å². The lowest BCUT2D eigenvalue weighted by atomic mass is 10.1. The summed E-state index contributed by atoms with van der Waals surface area (Å²) >= 11 is 0. The minimum atomic E-state index is -0.706. The topological polar surface area (TPSA) is 79.5 Å². The lowest BCUT2D eigenvalue weighted by Gasteiger charge is -2.22. The second-order valence-electron chi connectivity index (χ2n) is 8.02. The van der Waals surface area contributed by atoms with E-state index in [9.17, 15) is 9.59 Å². The maximum Gasteiger partial charge on any atom is 0.328 e. The number of aryl methyl sites for hydroxylation is 1. The number of amides is 3. The average molecular weight is 438 g/mol. The van der Waals surface area contributed by atoms with Crippen molar-refractivity contribution in [2.45, 2.75) is 26.1 Å². The van der Waals surface area contributed by atoms with E-state index < -0.39 is 6.04 Å². The molecule has 33 heavy (non-hydrogen) atoms. The molecule has 0 N–H and O–H groups in total. The fraction of sp³-hybridized carbons (Fsp3) is 0.154. The van der Waals surface area contributed by atoms with Crippen molar-refractivity contribution in [3.8, 4) is 11.5 Å². The van der Waals surface area contributed by atoms with Crippen LogP contribution in [0.1, 0.15) is 28.6 Å². The van der Waals surface area contributed by atoms with E-state index in [2.05, 4.69) is 10.1 Å². The SMILES string of the molecule is Cc1ccc(-c2nc(CN3C(=O)[C@H](c4ccccc4)N(Cc4ccccc4)C3=O)no2)cc1. The molecule has 7 heteroatoms. The lowest BCUT2D eigenvalue weighted by molar-refractivity contribution is -0.129. The molecule has 1 aliphatic heterocycles. The Morgan fingerprint density at radius 3 is 2.21 bits per heavy atom. The molecule has 0 saturated carbocycles. The van der Waals surface area contributed by atoms with Gasteiger partial charge in [-0.2, -0.15) is 4.98 Å². The van der Waals surface area contributed by atoms with Crippen molar-refractivity contribution in [3.05, 3.63) is 107 Å². The minimum Gasteiger partial charge on any atom is -0.334 e. The maximum atomic E-state index is 13.4. The molecule has 4 aromatic rings. The van der Waals surface area contributed by atoms with Crippen LogP contribution < -0.4 is 0 Å². The quantitative estimate of drug-likeness (QED) is 0.406. The van der Waals surface area contributed by atoms with Crippen LogP contribution in [0.4, 0.5) is 4.79 Å². The van der Waals surface area contributed by atoms with Crippen molar-refractivity contribution < 1.29 is 14.1 Å². The highest BCUT2D eigenvalue weighted by Crippen LogP contribution is 2.33. The van der Waals surface area contributed by atoms with E-state index in [1.54, 1.807) is 4.90 Å². The Bertz CT molecular complexity index is 1270. The zero-order valence-electron chi connectivity index (χ0n) is 18.1. The first kappa shape index (κ1) is 20.6. The van der Waals surface area contributed by atoms with E-state index in [0.29, 0.717) is 12.4 Å². The molecule has 164 valence electrons. The van der Waals surface area contributed by atoms with Crippen LogP contribution >= 0.6 is 0 Å². The molecule has 0 unspecified atom stereocenters. The number of aromatic nitrogens is 2. The van der Waals surface area contributed by atoms with Gasteiger partial charge in [-0.1, -0.05) is 83.5 Å². The molecular weight excluding hydrogens is 416 g/mol. The highest BCUT2D eigenvalue weighted by Gasteiger charge is 2.46. The van der Waals surface area contributed by atoms with Gasteiger partial charge >= 0.3 is 6.03 Å². The molecular formula is C26H22N4O3. The minimum absolute atomic E-state index is 0.0539. The van der Waals surface area contributed by atoms with Crippen LogP contribution in [0, 0.1) is 6.92 Å². The zero-order valence-corrected chi connectivity index (χ0v) is 18.1. The summed E-state index contributed by atoms with van der Waals surface area (Å²) in [5.74, 6) is 0.328. The highest BCUT2D eigenvalue weighted by molar-refractivity contribution is 6.04. The molecule has 3 amide bonds. The van der Waals surface area contributed by atoms with E-state index in [0.717, 1.165) is 22.3 Å². The van der Waals surface area contributed by atoms with Gasteiger partial charge in [-0.15, -0.1) is 0 Å². The Morgan fingerprint density at radius 1 is 0.848 bits per heavy atom. The van der Waals surface area contributed by atoms with Gasteiger partial charge in [-0.3, -0.25) is 9.69 Å². The summed E-state index contributed by atoms with van der Waals surface area (Å²) in [6, 6.07) is 25.6. The van der Waals surface area contributed by atoms with Crippen molar-refractivity contribution >= 4 is 11.9 Å². The molecule has 1 atom stereocenters. The smallest absolute Gasteiger partial charge is 0.328 e. The lowest BCUT2D eigenvalue weighted by Crippen LogP contribution is -2.32. The summed E-state index contributed by atoms with van der Waals surface area (Å²) in [7, 11) is 0. The third-order valence-corrected chi connectivity index (χ3v) is 5.67. The normalized spacial score (nSPS) is 16.0. The van der Waals surface area contributed by atoms with Crippen LogP contribution in [0.15, 0.2) is 89.5 Å². The van der Waals surface area contributed by atoms with Crippen LogP contribution in [0.5, 0.6) is 0 Å². The molecule has 1 aromatic heterocycles. The number of hydrogen-bond acceptors (Lipinski definition) is 5. The summed E-state index contributed by atoms with van der Waals surface area (Å²) in [5.41, 5.74) is 3.62. The van der Waals surface area contributed by atoms with Crippen molar-refractivity contribution in [1.29, 1.82) is 0 Å². The van der Waals surface area contributed by atoms with E-state index in [1.807, 2.05) is 91.9 Å². The second-order valence-corrected chi connectivity index (χ2v) is 8.02. The van der Waals surface area contributed by atoms with Crippen LogP contribution in [0.2, 0.25) is 0 Å². The van der Waals surface area contributed by atoms with Crippen LogP contribution in [-0.4, -0.2) is 31.9 Å². The standard InChI is InChI=1S/C26H22N4O3/c1-18-12-14-21(15-13-18)24-27-22(28-33-24)17-30-25(31)23(20-10-6-3-7-11-20)29(26(30)32)16-19-8-4-2-5-9-19/h2-15,23H,16-17H2,1H3/t23-/m0/s1. The second kappa shape index (κ2) is 8.70. The van der Waals surface area contributed by atoms with Gasteiger partial charge in [0, 0.05) is 12.1 Å². The van der Waals surface area contributed by atoms with Crippen LogP contribution in [0.25, 0.3) is 11.5 Å². The molecule has 7 nitrogen and oxygen atoms in total.